The van der Waals surface area contributed by atoms with E-state index in [2.05, 4.69) is 9.97 Å². The van der Waals surface area contributed by atoms with Crippen LogP contribution in [0.15, 0.2) is 69.2 Å². The third-order valence-electron chi connectivity index (χ3n) is 5.22. The van der Waals surface area contributed by atoms with Gasteiger partial charge in [0.1, 0.15) is 17.0 Å². The van der Waals surface area contributed by atoms with Gasteiger partial charge in [0.15, 0.2) is 0 Å². The molecule has 6 nitrogen and oxygen atoms in total. The highest BCUT2D eigenvalue weighted by Gasteiger charge is 2.33. The molecule has 0 amide bonds. The van der Waals surface area contributed by atoms with E-state index in [1.54, 1.807) is 31.2 Å². The van der Waals surface area contributed by atoms with Gasteiger partial charge < -0.3 is 9.40 Å². The fourth-order valence-corrected chi connectivity index (χ4v) is 3.96. The first-order chi connectivity index (χ1) is 14.5. The van der Waals surface area contributed by atoms with Gasteiger partial charge in [-0.3, -0.25) is 9.80 Å². The number of hydrogen-bond donors (Lipinski definition) is 1. The van der Waals surface area contributed by atoms with Gasteiger partial charge in [0.05, 0.1) is 29.3 Å². The Hall–Kier alpha value is -3.45. The number of nitrogens with zero attached hydrogens (tertiary/aromatic N) is 3. The molecule has 0 saturated heterocycles. The van der Waals surface area contributed by atoms with E-state index in [1.807, 2.05) is 17.1 Å². The monoisotopic (exact) mass is 422 g/mol. The average Bonchev–Trinajstić information content (AvgIpc) is 3.30. The zero-order valence-corrected chi connectivity index (χ0v) is 16.7. The number of rotatable bonds is 3. The first-order valence-electron chi connectivity index (χ1n) is 9.36. The van der Waals surface area contributed by atoms with E-state index in [0.717, 1.165) is 11.3 Å². The van der Waals surface area contributed by atoms with Gasteiger partial charge in [-0.05, 0) is 48.9 Å². The Balaban J connectivity index is 1.66. The smallest absolute Gasteiger partial charge is 0.262 e. The molecule has 0 saturated carbocycles. The molecule has 30 heavy (non-hydrogen) atoms. The van der Waals surface area contributed by atoms with Gasteiger partial charge in [-0.25, -0.2) is 9.37 Å². The summed E-state index contributed by atoms with van der Waals surface area (Å²) in [4.78, 5) is 19.2. The van der Waals surface area contributed by atoms with Gasteiger partial charge >= 0.3 is 0 Å². The summed E-state index contributed by atoms with van der Waals surface area (Å²) in [5.74, 6) is 0.272. The van der Waals surface area contributed by atoms with Crippen molar-refractivity contribution in [2.75, 3.05) is 5.01 Å². The lowest BCUT2D eigenvalue weighted by atomic mass is 9.97. The predicted molar refractivity (Wildman–Crippen MR) is 114 cm³/mol. The van der Waals surface area contributed by atoms with Crippen LogP contribution in [0.4, 0.5) is 10.1 Å². The van der Waals surface area contributed by atoms with E-state index in [9.17, 15) is 9.18 Å². The number of halogens is 2. The molecule has 2 aromatic heterocycles. The summed E-state index contributed by atoms with van der Waals surface area (Å²) in [6.45, 7) is 1.79. The molecule has 1 N–H and O–H groups in total. The van der Waals surface area contributed by atoms with Gasteiger partial charge in [0, 0.05) is 11.4 Å². The Morgan fingerprint density at radius 2 is 1.90 bits per heavy atom. The zero-order chi connectivity index (χ0) is 20.8. The van der Waals surface area contributed by atoms with E-state index in [1.165, 1.54) is 18.5 Å². The second-order valence-electron chi connectivity index (χ2n) is 7.08. The van der Waals surface area contributed by atoms with Crippen LogP contribution in [0.3, 0.4) is 0 Å². The highest BCUT2D eigenvalue weighted by Crippen LogP contribution is 2.38. The van der Waals surface area contributed by atoms with Gasteiger partial charge in [-0.1, -0.05) is 23.7 Å². The number of hydrogen-bond acceptors (Lipinski definition) is 5. The molecule has 1 atom stereocenters. The minimum absolute atomic E-state index is 0.179. The number of hydrazone groups is 1. The summed E-state index contributed by atoms with van der Waals surface area (Å²) in [6, 6.07) is 13.5. The number of nitrogens with one attached hydrogen (secondary N) is 1. The second-order valence-corrected chi connectivity index (χ2v) is 7.52. The first kappa shape index (κ1) is 18.6. The summed E-state index contributed by atoms with van der Waals surface area (Å²) >= 11 is 6.05. The van der Waals surface area contributed by atoms with Gasteiger partial charge in [0.25, 0.3) is 5.56 Å². The van der Waals surface area contributed by atoms with E-state index in [4.69, 9.17) is 21.1 Å². The number of H-pyrrole nitrogens is 1. The average molecular weight is 423 g/mol. The first-order valence-corrected chi connectivity index (χ1v) is 9.74. The van der Waals surface area contributed by atoms with Crippen molar-refractivity contribution < 1.29 is 8.81 Å². The van der Waals surface area contributed by atoms with Crippen molar-refractivity contribution in [2.45, 2.75) is 19.4 Å². The Morgan fingerprint density at radius 3 is 2.63 bits per heavy atom. The molecule has 0 radical (unpaired) electrons. The number of anilines is 1. The molecule has 1 unspecified atom stereocenters. The van der Waals surface area contributed by atoms with Gasteiger partial charge in [-0.2, -0.15) is 5.10 Å². The minimum atomic E-state index is -0.301. The number of aromatic amines is 1. The lowest BCUT2D eigenvalue weighted by Gasteiger charge is -2.24. The molecule has 0 fully saturated rings. The Kier molecular flexibility index (Phi) is 4.40. The molecule has 3 heterocycles. The summed E-state index contributed by atoms with van der Waals surface area (Å²) in [7, 11) is 0. The van der Waals surface area contributed by atoms with Crippen LogP contribution in [0, 0.1) is 12.7 Å². The number of aryl methyl sites for hydroxylation is 1. The van der Waals surface area contributed by atoms with E-state index < -0.39 is 0 Å². The van der Waals surface area contributed by atoms with Crippen molar-refractivity contribution in [2.24, 2.45) is 5.10 Å². The maximum atomic E-state index is 13.5. The maximum absolute atomic E-state index is 13.5. The molecule has 2 aromatic carbocycles. The molecule has 0 aliphatic carbocycles. The van der Waals surface area contributed by atoms with Crippen molar-refractivity contribution in [3.05, 3.63) is 92.9 Å². The third-order valence-corrected chi connectivity index (χ3v) is 5.47. The Labute approximate surface area is 175 Å². The summed E-state index contributed by atoms with van der Waals surface area (Å²) < 4.78 is 19.2. The predicted octanol–water partition coefficient (Wildman–Crippen LogP) is 4.97. The molecule has 5 rings (SSSR count). The topological polar surface area (TPSA) is 74.5 Å². The molecule has 0 spiro atoms. The van der Waals surface area contributed by atoms with Crippen LogP contribution in [-0.4, -0.2) is 15.7 Å². The SMILES string of the molecule is Cc1oc2nc[nH]c(=O)c2c1C1=NN(c2ccc(Cl)cc2)C(c2ccc(F)cc2)C1. The summed E-state index contributed by atoms with van der Waals surface area (Å²) in [5, 5.41) is 7.70. The number of aromatic nitrogens is 2. The van der Waals surface area contributed by atoms with Crippen LogP contribution in [0.2, 0.25) is 5.02 Å². The molecule has 4 aromatic rings. The molecule has 1 aliphatic rings. The van der Waals surface area contributed by atoms with Crippen LogP contribution in [-0.2, 0) is 0 Å². The van der Waals surface area contributed by atoms with E-state index >= 15 is 0 Å². The normalized spacial score (nSPS) is 16.3. The van der Waals surface area contributed by atoms with Crippen molar-refractivity contribution in [3.63, 3.8) is 0 Å². The van der Waals surface area contributed by atoms with Crippen LogP contribution in [0.5, 0.6) is 0 Å². The van der Waals surface area contributed by atoms with Crippen molar-refractivity contribution in [3.8, 4) is 0 Å². The zero-order valence-electron chi connectivity index (χ0n) is 15.9. The third kappa shape index (κ3) is 3.07. The fourth-order valence-electron chi connectivity index (χ4n) is 3.84. The molecule has 8 heteroatoms. The quantitative estimate of drug-likeness (QED) is 0.505. The van der Waals surface area contributed by atoms with Crippen LogP contribution >= 0.6 is 11.6 Å². The Bertz CT molecular complexity index is 1330. The largest absolute Gasteiger partial charge is 0.442 e. The van der Waals surface area contributed by atoms with Gasteiger partial charge in [0.2, 0.25) is 5.71 Å². The molecular weight excluding hydrogens is 407 g/mol. The summed E-state index contributed by atoms with van der Waals surface area (Å²) in [6.07, 6.45) is 1.83. The van der Waals surface area contributed by atoms with Crippen molar-refractivity contribution in [1.29, 1.82) is 0 Å². The molecule has 150 valence electrons. The van der Waals surface area contributed by atoms with Crippen molar-refractivity contribution in [1.82, 2.24) is 9.97 Å². The standard InChI is InChI=1S/C22H16ClFN4O2/c1-12-19(20-21(29)25-11-26-22(20)30-12)17-10-18(13-2-6-15(24)7-3-13)28(27-17)16-8-4-14(23)5-9-16/h2-9,11,18H,10H2,1H3,(H,25,26,29). The van der Waals surface area contributed by atoms with Crippen LogP contribution < -0.4 is 10.6 Å². The van der Waals surface area contributed by atoms with E-state index in [-0.39, 0.29) is 23.1 Å². The van der Waals surface area contributed by atoms with Crippen molar-refractivity contribution >= 4 is 34.1 Å². The maximum Gasteiger partial charge on any atom is 0.262 e. The molecule has 1 aliphatic heterocycles. The summed E-state index contributed by atoms with van der Waals surface area (Å²) in [5.41, 5.74) is 3.08. The minimum Gasteiger partial charge on any atom is -0.442 e. The number of fused-ring (bicyclic) bond motifs is 1. The van der Waals surface area contributed by atoms with Gasteiger partial charge in [-0.15, -0.1) is 0 Å². The second kappa shape index (κ2) is 7.11. The number of furan rings is 1. The fraction of sp³-hybridized carbons (Fsp3) is 0.136. The van der Waals surface area contributed by atoms with E-state index in [0.29, 0.717) is 33.9 Å². The van der Waals surface area contributed by atoms with Crippen LogP contribution in [0.25, 0.3) is 11.1 Å². The highest BCUT2D eigenvalue weighted by atomic mass is 35.5. The highest BCUT2D eigenvalue weighted by molar-refractivity contribution is 6.30. The lowest BCUT2D eigenvalue weighted by molar-refractivity contribution is 0.565. The Morgan fingerprint density at radius 1 is 1.17 bits per heavy atom. The molecular formula is C22H16ClFN4O2. The molecule has 0 bridgehead atoms. The van der Waals surface area contributed by atoms with Crippen LogP contribution in [0.1, 0.15) is 29.3 Å². The lowest BCUT2D eigenvalue weighted by Crippen LogP contribution is -2.18. The number of benzene rings is 2.